The largest absolute Gasteiger partial charge is 0.508 e. The van der Waals surface area contributed by atoms with Gasteiger partial charge in [0, 0.05) is 5.56 Å². The molecule has 4 heteroatoms. The lowest BCUT2D eigenvalue weighted by Gasteiger charge is -2.00. The second kappa shape index (κ2) is 5.13. The number of nitrogens with zero attached hydrogens (tertiary/aromatic N) is 1. The molecule has 0 aliphatic carbocycles. The van der Waals surface area contributed by atoms with Crippen LogP contribution >= 0.6 is 11.3 Å². The lowest BCUT2D eigenvalue weighted by Crippen LogP contribution is -1.89. The highest BCUT2D eigenvalue weighted by molar-refractivity contribution is 7.21. The van der Waals surface area contributed by atoms with E-state index in [1.807, 2.05) is 44.2 Å². The first-order valence-electron chi connectivity index (χ1n) is 6.51. The Labute approximate surface area is 121 Å². The summed E-state index contributed by atoms with van der Waals surface area (Å²) in [6.45, 7) is 4.51. The van der Waals surface area contributed by atoms with Crippen molar-refractivity contribution in [1.82, 2.24) is 4.98 Å². The molecule has 0 fully saturated rings. The van der Waals surface area contributed by atoms with Gasteiger partial charge in [-0.25, -0.2) is 4.98 Å². The molecule has 0 atom stereocenters. The van der Waals surface area contributed by atoms with Crippen LogP contribution in [0, 0.1) is 6.92 Å². The normalized spacial score (nSPS) is 10.9. The van der Waals surface area contributed by atoms with E-state index in [1.165, 1.54) is 0 Å². The molecule has 0 spiro atoms. The maximum atomic E-state index is 9.81. The molecule has 0 aliphatic heterocycles. The Kier molecular flexibility index (Phi) is 3.32. The molecule has 1 heterocycles. The van der Waals surface area contributed by atoms with Crippen molar-refractivity contribution in [3.63, 3.8) is 0 Å². The van der Waals surface area contributed by atoms with Gasteiger partial charge in [-0.3, -0.25) is 0 Å². The molecule has 2 aromatic carbocycles. The zero-order valence-electron chi connectivity index (χ0n) is 11.4. The average Bonchev–Trinajstić information content (AvgIpc) is 2.85. The van der Waals surface area contributed by atoms with Gasteiger partial charge in [-0.05, 0) is 43.7 Å². The van der Waals surface area contributed by atoms with Crippen LogP contribution in [0.3, 0.4) is 0 Å². The first-order valence-corrected chi connectivity index (χ1v) is 7.32. The molecule has 0 saturated heterocycles. The third-order valence-electron chi connectivity index (χ3n) is 3.13. The van der Waals surface area contributed by atoms with Crippen LogP contribution < -0.4 is 4.74 Å². The summed E-state index contributed by atoms with van der Waals surface area (Å²) in [6.07, 6.45) is 0. The molecule has 0 bridgehead atoms. The number of thiazole rings is 1. The number of phenolic OH excluding ortho intramolecular Hbond substituents is 1. The standard InChI is InChI=1S/C16H15NO2S/c1-3-19-12-6-7-13-15(9-12)20-16(17-13)11-5-4-10(2)14(18)8-11/h4-9,18H,3H2,1-2H3. The zero-order valence-corrected chi connectivity index (χ0v) is 12.2. The van der Waals surface area contributed by atoms with Gasteiger partial charge in [0.25, 0.3) is 0 Å². The van der Waals surface area contributed by atoms with Crippen LogP contribution in [-0.4, -0.2) is 16.7 Å². The Hall–Kier alpha value is -2.07. The molecular weight excluding hydrogens is 270 g/mol. The number of ether oxygens (including phenoxy) is 1. The van der Waals surface area contributed by atoms with E-state index in [0.29, 0.717) is 12.4 Å². The number of rotatable bonds is 3. The highest BCUT2D eigenvalue weighted by Gasteiger charge is 2.08. The van der Waals surface area contributed by atoms with E-state index in [4.69, 9.17) is 4.74 Å². The van der Waals surface area contributed by atoms with Crippen LogP contribution in [0.25, 0.3) is 20.8 Å². The lowest BCUT2D eigenvalue weighted by molar-refractivity contribution is 0.341. The quantitative estimate of drug-likeness (QED) is 0.776. The van der Waals surface area contributed by atoms with Crippen LogP contribution in [0.5, 0.6) is 11.5 Å². The van der Waals surface area contributed by atoms with Crippen molar-refractivity contribution in [2.45, 2.75) is 13.8 Å². The monoisotopic (exact) mass is 285 g/mol. The van der Waals surface area contributed by atoms with Crippen LogP contribution in [-0.2, 0) is 0 Å². The van der Waals surface area contributed by atoms with Crippen molar-refractivity contribution < 1.29 is 9.84 Å². The van der Waals surface area contributed by atoms with Crippen molar-refractivity contribution in [3.8, 4) is 22.1 Å². The molecule has 0 aliphatic rings. The smallest absolute Gasteiger partial charge is 0.124 e. The molecule has 3 rings (SSSR count). The third-order valence-corrected chi connectivity index (χ3v) is 4.19. The van der Waals surface area contributed by atoms with Gasteiger partial charge >= 0.3 is 0 Å². The second-order valence-electron chi connectivity index (χ2n) is 4.58. The van der Waals surface area contributed by atoms with E-state index >= 15 is 0 Å². The first-order chi connectivity index (χ1) is 9.67. The van der Waals surface area contributed by atoms with Gasteiger partial charge in [0.1, 0.15) is 16.5 Å². The number of aromatic hydroxyl groups is 1. The average molecular weight is 285 g/mol. The van der Waals surface area contributed by atoms with Crippen LogP contribution in [0.2, 0.25) is 0 Å². The number of fused-ring (bicyclic) bond motifs is 1. The Morgan fingerprint density at radius 3 is 2.80 bits per heavy atom. The molecule has 0 saturated carbocycles. The highest BCUT2D eigenvalue weighted by Crippen LogP contribution is 2.34. The van der Waals surface area contributed by atoms with Crippen molar-refractivity contribution >= 4 is 21.6 Å². The van der Waals surface area contributed by atoms with Gasteiger partial charge in [0.05, 0.1) is 16.8 Å². The summed E-state index contributed by atoms with van der Waals surface area (Å²) in [5.41, 5.74) is 2.76. The Morgan fingerprint density at radius 1 is 1.20 bits per heavy atom. The fraction of sp³-hybridized carbons (Fsp3) is 0.188. The second-order valence-corrected chi connectivity index (χ2v) is 5.61. The van der Waals surface area contributed by atoms with E-state index in [1.54, 1.807) is 17.4 Å². The van der Waals surface area contributed by atoms with Gasteiger partial charge in [-0.15, -0.1) is 11.3 Å². The Balaban J connectivity index is 2.05. The summed E-state index contributed by atoms with van der Waals surface area (Å²) in [7, 11) is 0. The van der Waals surface area contributed by atoms with Gasteiger partial charge in [0.2, 0.25) is 0 Å². The van der Waals surface area contributed by atoms with Gasteiger partial charge in [-0.1, -0.05) is 12.1 Å². The van der Waals surface area contributed by atoms with E-state index in [9.17, 15) is 5.11 Å². The topological polar surface area (TPSA) is 42.4 Å². The number of hydrogen-bond acceptors (Lipinski definition) is 4. The number of aryl methyl sites for hydroxylation is 1. The van der Waals surface area contributed by atoms with Gasteiger partial charge in [-0.2, -0.15) is 0 Å². The minimum atomic E-state index is 0.303. The maximum absolute atomic E-state index is 9.81. The zero-order chi connectivity index (χ0) is 14.1. The van der Waals surface area contributed by atoms with E-state index in [-0.39, 0.29) is 0 Å². The molecule has 1 N–H and O–H groups in total. The molecule has 20 heavy (non-hydrogen) atoms. The SMILES string of the molecule is CCOc1ccc2nc(-c3ccc(C)c(O)c3)sc2c1. The third kappa shape index (κ3) is 2.34. The van der Waals surface area contributed by atoms with Crippen molar-refractivity contribution in [2.75, 3.05) is 6.61 Å². The first kappa shape index (κ1) is 12.9. The molecule has 0 radical (unpaired) electrons. The summed E-state index contributed by atoms with van der Waals surface area (Å²) >= 11 is 1.60. The lowest BCUT2D eigenvalue weighted by atomic mass is 10.1. The van der Waals surface area contributed by atoms with Crippen molar-refractivity contribution in [3.05, 3.63) is 42.0 Å². The van der Waals surface area contributed by atoms with E-state index in [2.05, 4.69) is 4.98 Å². The summed E-state index contributed by atoms with van der Waals surface area (Å²) in [5, 5.41) is 10.7. The Morgan fingerprint density at radius 2 is 2.05 bits per heavy atom. The molecule has 0 unspecified atom stereocenters. The molecule has 0 amide bonds. The molecule has 102 valence electrons. The summed E-state index contributed by atoms with van der Waals surface area (Å²) in [6, 6.07) is 11.6. The maximum Gasteiger partial charge on any atom is 0.124 e. The number of hydrogen-bond donors (Lipinski definition) is 1. The van der Waals surface area contributed by atoms with Crippen LogP contribution in [0.1, 0.15) is 12.5 Å². The molecule has 1 aromatic heterocycles. The molecule has 3 nitrogen and oxygen atoms in total. The minimum Gasteiger partial charge on any atom is -0.508 e. The predicted molar refractivity (Wildman–Crippen MR) is 82.6 cm³/mol. The summed E-state index contributed by atoms with van der Waals surface area (Å²) in [4.78, 5) is 4.61. The highest BCUT2D eigenvalue weighted by atomic mass is 32.1. The number of phenols is 1. The minimum absolute atomic E-state index is 0.303. The van der Waals surface area contributed by atoms with Gasteiger partial charge < -0.3 is 9.84 Å². The van der Waals surface area contributed by atoms with Crippen LogP contribution in [0.4, 0.5) is 0 Å². The van der Waals surface area contributed by atoms with Crippen molar-refractivity contribution in [2.24, 2.45) is 0 Å². The van der Waals surface area contributed by atoms with E-state index in [0.717, 1.165) is 32.1 Å². The number of aromatic nitrogens is 1. The van der Waals surface area contributed by atoms with Crippen molar-refractivity contribution in [1.29, 1.82) is 0 Å². The predicted octanol–water partition coefficient (Wildman–Crippen LogP) is 4.38. The van der Waals surface area contributed by atoms with Crippen LogP contribution in [0.15, 0.2) is 36.4 Å². The number of benzene rings is 2. The van der Waals surface area contributed by atoms with E-state index < -0.39 is 0 Å². The summed E-state index contributed by atoms with van der Waals surface area (Å²) in [5.74, 6) is 1.17. The van der Waals surface area contributed by atoms with Gasteiger partial charge in [0.15, 0.2) is 0 Å². The molecular formula is C16H15NO2S. The molecule has 3 aromatic rings. The summed E-state index contributed by atoms with van der Waals surface area (Å²) < 4.78 is 6.59. The fourth-order valence-corrected chi connectivity index (χ4v) is 3.02. The fourth-order valence-electron chi connectivity index (χ4n) is 2.03. The Bertz CT molecular complexity index is 764.